The van der Waals surface area contributed by atoms with E-state index in [1.807, 2.05) is 36.4 Å². The third-order valence-electron chi connectivity index (χ3n) is 4.39. The molecular weight excluding hydrogens is 343 g/mol. The van der Waals surface area contributed by atoms with Gasteiger partial charge in [0.25, 0.3) is 5.91 Å². The lowest BCUT2D eigenvalue weighted by molar-refractivity contribution is 0.102. The van der Waals surface area contributed by atoms with E-state index in [0.29, 0.717) is 17.0 Å². The minimum atomic E-state index is -0.262. The summed E-state index contributed by atoms with van der Waals surface area (Å²) in [7, 11) is 1.53. The minimum Gasteiger partial charge on any atom is -0.496 e. The van der Waals surface area contributed by atoms with Crippen molar-refractivity contribution in [2.24, 2.45) is 0 Å². The first kappa shape index (κ1) is 16.8. The number of anilines is 1. The first-order chi connectivity index (χ1) is 13.1. The predicted octanol–water partition coefficient (Wildman–Crippen LogP) is 5.23. The van der Waals surface area contributed by atoms with Crippen molar-refractivity contribution in [2.75, 3.05) is 12.4 Å². The molecule has 1 aromatic heterocycles. The number of carbonyl (C=O) groups is 1. The van der Waals surface area contributed by atoms with E-state index in [2.05, 4.69) is 10.3 Å². The van der Waals surface area contributed by atoms with E-state index in [1.54, 1.807) is 24.3 Å². The monoisotopic (exact) mass is 360 g/mol. The fraction of sp³-hybridized carbons (Fsp3) is 0.0455. The van der Waals surface area contributed by atoms with E-state index in [-0.39, 0.29) is 11.7 Å². The van der Waals surface area contributed by atoms with Gasteiger partial charge in [-0.15, -0.1) is 0 Å². The Morgan fingerprint density at radius 1 is 1.00 bits per heavy atom. The SMILES string of the molecule is COc1ccccc1C(=O)Nc1ccc(-c2cc3cc(F)ccc3[nH]2)cc1. The van der Waals surface area contributed by atoms with Gasteiger partial charge in [0.15, 0.2) is 0 Å². The Morgan fingerprint density at radius 2 is 1.78 bits per heavy atom. The van der Waals surface area contributed by atoms with Crippen LogP contribution < -0.4 is 10.1 Å². The Labute approximate surface area is 155 Å². The summed E-state index contributed by atoms with van der Waals surface area (Å²) in [5, 5.41) is 3.69. The van der Waals surface area contributed by atoms with Crippen molar-refractivity contribution in [3.05, 3.63) is 84.2 Å². The molecule has 4 rings (SSSR count). The number of para-hydroxylation sites is 1. The van der Waals surface area contributed by atoms with Crippen LogP contribution in [0.5, 0.6) is 5.75 Å². The number of ether oxygens (including phenoxy) is 1. The highest BCUT2D eigenvalue weighted by Gasteiger charge is 2.12. The van der Waals surface area contributed by atoms with Crippen LogP contribution in [0.4, 0.5) is 10.1 Å². The smallest absolute Gasteiger partial charge is 0.259 e. The number of carbonyl (C=O) groups excluding carboxylic acids is 1. The first-order valence-corrected chi connectivity index (χ1v) is 8.47. The van der Waals surface area contributed by atoms with E-state index >= 15 is 0 Å². The third kappa shape index (κ3) is 3.40. The number of nitrogens with one attached hydrogen (secondary N) is 2. The number of fused-ring (bicyclic) bond motifs is 1. The van der Waals surface area contributed by atoms with Crippen LogP contribution in [0.25, 0.3) is 22.2 Å². The largest absolute Gasteiger partial charge is 0.496 e. The number of aromatic amines is 1. The Balaban J connectivity index is 1.55. The van der Waals surface area contributed by atoms with Gasteiger partial charge in [-0.3, -0.25) is 4.79 Å². The Morgan fingerprint density at radius 3 is 2.56 bits per heavy atom. The maximum absolute atomic E-state index is 13.4. The lowest BCUT2D eigenvalue weighted by Crippen LogP contribution is -2.12. The van der Waals surface area contributed by atoms with Crippen LogP contribution in [0.2, 0.25) is 0 Å². The molecule has 0 fully saturated rings. The highest BCUT2D eigenvalue weighted by atomic mass is 19.1. The van der Waals surface area contributed by atoms with E-state index in [0.717, 1.165) is 22.2 Å². The van der Waals surface area contributed by atoms with Gasteiger partial charge in [0.2, 0.25) is 0 Å². The topological polar surface area (TPSA) is 54.1 Å². The fourth-order valence-electron chi connectivity index (χ4n) is 3.02. The van der Waals surface area contributed by atoms with Crippen LogP contribution in [0.1, 0.15) is 10.4 Å². The van der Waals surface area contributed by atoms with Crippen molar-refractivity contribution in [2.45, 2.75) is 0 Å². The summed E-state index contributed by atoms with van der Waals surface area (Å²) in [5.74, 6) is 0.0284. The van der Waals surface area contributed by atoms with Crippen LogP contribution in [-0.4, -0.2) is 18.0 Å². The van der Waals surface area contributed by atoms with Crippen molar-refractivity contribution in [3.8, 4) is 17.0 Å². The van der Waals surface area contributed by atoms with Gasteiger partial charge in [-0.2, -0.15) is 0 Å². The standard InChI is InChI=1S/C22H17FN2O2/c1-27-21-5-3-2-4-18(21)22(26)24-17-9-6-14(7-10-17)20-13-15-12-16(23)8-11-19(15)25-20/h2-13,25H,1H3,(H,24,26). The lowest BCUT2D eigenvalue weighted by atomic mass is 10.1. The number of amides is 1. The summed E-state index contributed by atoms with van der Waals surface area (Å²) in [6.45, 7) is 0. The van der Waals surface area contributed by atoms with Crippen molar-refractivity contribution in [3.63, 3.8) is 0 Å². The van der Waals surface area contributed by atoms with E-state index in [1.165, 1.54) is 19.2 Å². The molecule has 4 aromatic rings. The summed E-state index contributed by atoms with van der Waals surface area (Å²) in [6, 6.07) is 21.1. The Kier molecular flexibility index (Phi) is 4.34. The van der Waals surface area contributed by atoms with Crippen molar-refractivity contribution in [1.29, 1.82) is 0 Å². The second-order valence-electron chi connectivity index (χ2n) is 6.15. The Bertz CT molecular complexity index is 1120. The van der Waals surface area contributed by atoms with Gasteiger partial charge < -0.3 is 15.0 Å². The number of hydrogen-bond donors (Lipinski definition) is 2. The van der Waals surface area contributed by atoms with E-state index in [4.69, 9.17) is 4.74 Å². The molecule has 0 saturated heterocycles. The zero-order chi connectivity index (χ0) is 18.8. The number of benzene rings is 3. The maximum atomic E-state index is 13.4. The number of hydrogen-bond acceptors (Lipinski definition) is 2. The molecule has 0 atom stereocenters. The second kappa shape index (κ2) is 6.96. The van der Waals surface area contributed by atoms with Crippen LogP contribution in [0.15, 0.2) is 72.8 Å². The number of halogens is 1. The van der Waals surface area contributed by atoms with Gasteiger partial charge in [-0.05, 0) is 54.1 Å². The molecule has 0 radical (unpaired) electrons. The van der Waals surface area contributed by atoms with Gasteiger partial charge in [0, 0.05) is 22.3 Å². The number of H-pyrrole nitrogens is 1. The van der Waals surface area contributed by atoms with E-state index in [9.17, 15) is 9.18 Å². The molecule has 27 heavy (non-hydrogen) atoms. The maximum Gasteiger partial charge on any atom is 0.259 e. The quantitative estimate of drug-likeness (QED) is 0.523. The number of aromatic nitrogens is 1. The van der Waals surface area contributed by atoms with Gasteiger partial charge in [-0.25, -0.2) is 4.39 Å². The normalized spacial score (nSPS) is 10.7. The molecule has 5 heteroatoms. The van der Waals surface area contributed by atoms with Crippen LogP contribution in [-0.2, 0) is 0 Å². The minimum absolute atomic E-state index is 0.235. The van der Waals surface area contributed by atoms with Crippen molar-refractivity contribution in [1.82, 2.24) is 4.98 Å². The summed E-state index contributed by atoms with van der Waals surface area (Å²) in [5.41, 5.74) is 3.86. The molecule has 1 heterocycles. The number of methoxy groups -OCH3 is 1. The molecule has 1 amide bonds. The molecule has 0 bridgehead atoms. The molecule has 134 valence electrons. The first-order valence-electron chi connectivity index (χ1n) is 8.47. The highest BCUT2D eigenvalue weighted by molar-refractivity contribution is 6.06. The molecule has 4 nitrogen and oxygen atoms in total. The average molecular weight is 360 g/mol. The van der Waals surface area contributed by atoms with Gasteiger partial charge in [-0.1, -0.05) is 24.3 Å². The molecular formula is C22H17FN2O2. The van der Waals surface area contributed by atoms with Crippen molar-refractivity contribution >= 4 is 22.5 Å². The molecule has 3 aromatic carbocycles. The third-order valence-corrected chi connectivity index (χ3v) is 4.39. The van der Waals surface area contributed by atoms with Crippen LogP contribution in [0.3, 0.4) is 0 Å². The summed E-state index contributed by atoms with van der Waals surface area (Å²) >= 11 is 0. The fourth-order valence-corrected chi connectivity index (χ4v) is 3.02. The highest BCUT2D eigenvalue weighted by Crippen LogP contribution is 2.26. The average Bonchev–Trinajstić information content (AvgIpc) is 3.11. The number of rotatable bonds is 4. The summed E-state index contributed by atoms with van der Waals surface area (Å²) < 4.78 is 18.6. The van der Waals surface area contributed by atoms with Gasteiger partial charge >= 0.3 is 0 Å². The second-order valence-corrected chi connectivity index (χ2v) is 6.15. The van der Waals surface area contributed by atoms with Crippen molar-refractivity contribution < 1.29 is 13.9 Å². The lowest BCUT2D eigenvalue weighted by Gasteiger charge is -2.09. The molecule has 0 spiro atoms. The molecule has 2 N–H and O–H groups in total. The predicted molar refractivity (Wildman–Crippen MR) is 105 cm³/mol. The summed E-state index contributed by atoms with van der Waals surface area (Å²) in [6.07, 6.45) is 0. The van der Waals surface area contributed by atoms with Crippen LogP contribution in [0, 0.1) is 5.82 Å². The van der Waals surface area contributed by atoms with Gasteiger partial charge in [0.1, 0.15) is 11.6 Å². The Hall–Kier alpha value is -3.60. The van der Waals surface area contributed by atoms with E-state index < -0.39 is 0 Å². The molecule has 0 aliphatic heterocycles. The molecule has 0 aliphatic rings. The van der Waals surface area contributed by atoms with Gasteiger partial charge in [0.05, 0.1) is 12.7 Å². The molecule has 0 unspecified atom stereocenters. The summed E-state index contributed by atoms with van der Waals surface area (Å²) in [4.78, 5) is 15.7. The van der Waals surface area contributed by atoms with Crippen LogP contribution >= 0.6 is 0 Å². The molecule has 0 saturated carbocycles. The molecule has 0 aliphatic carbocycles. The zero-order valence-electron chi connectivity index (χ0n) is 14.6. The zero-order valence-corrected chi connectivity index (χ0v) is 14.6.